The maximum atomic E-state index is 12.9. The SMILES string of the molecule is O=S(=O)(c1ccc2c(c1)CCCC2)N1CCC(n2nccn2)C1. The summed E-state index contributed by atoms with van der Waals surface area (Å²) in [6.45, 7) is 0.958. The van der Waals surface area contributed by atoms with E-state index >= 15 is 0 Å². The fraction of sp³-hybridized carbons (Fsp3) is 0.500. The molecule has 4 rings (SSSR count). The number of fused-ring (bicyclic) bond motifs is 1. The van der Waals surface area contributed by atoms with E-state index < -0.39 is 10.0 Å². The zero-order chi connectivity index (χ0) is 15.9. The van der Waals surface area contributed by atoms with Gasteiger partial charge in [0.15, 0.2) is 0 Å². The van der Waals surface area contributed by atoms with Crippen molar-refractivity contribution in [2.75, 3.05) is 13.1 Å². The average molecular weight is 332 g/mol. The Kier molecular flexibility index (Phi) is 3.69. The Morgan fingerprint density at radius 3 is 2.57 bits per heavy atom. The lowest BCUT2D eigenvalue weighted by molar-refractivity contribution is 0.402. The molecule has 0 spiro atoms. The number of aromatic nitrogens is 3. The van der Waals surface area contributed by atoms with Crippen LogP contribution in [-0.4, -0.2) is 40.8 Å². The summed E-state index contributed by atoms with van der Waals surface area (Å²) in [5.74, 6) is 0. The molecule has 1 saturated heterocycles. The molecule has 122 valence electrons. The minimum Gasteiger partial charge on any atom is -0.207 e. The van der Waals surface area contributed by atoms with E-state index in [1.54, 1.807) is 27.6 Å². The number of hydrogen-bond acceptors (Lipinski definition) is 4. The Bertz CT molecular complexity index is 801. The number of nitrogens with zero attached hydrogens (tertiary/aromatic N) is 4. The van der Waals surface area contributed by atoms with Gasteiger partial charge in [-0.3, -0.25) is 0 Å². The summed E-state index contributed by atoms with van der Waals surface area (Å²) >= 11 is 0. The van der Waals surface area contributed by atoms with Crippen LogP contribution in [0.5, 0.6) is 0 Å². The number of sulfonamides is 1. The van der Waals surface area contributed by atoms with Gasteiger partial charge < -0.3 is 0 Å². The maximum Gasteiger partial charge on any atom is 0.243 e. The summed E-state index contributed by atoms with van der Waals surface area (Å²) < 4.78 is 27.4. The molecule has 6 nitrogen and oxygen atoms in total. The van der Waals surface area contributed by atoms with Crippen molar-refractivity contribution in [3.05, 3.63) is 41.7 Å². The van der Waals surface area contributed by atoms with Gasteiger partial charge in [0, 0.05) is 13.1 Å². The largest absolute Gasteiger partial charge is 0.243 e. The van der Waals surface area contributed by atoms with E-state index in [-0.39, 0.29) is 6.04 Å². The first-order valence-electron chi connectivity index (χ1n) is 8.12. The highest BCUT2D eigenvalue weighted by molar-refractivity contribution is 7.89. The second-order valence-electron chi connectivity index (χ2n) is 6.29. The van der Waals surface area contributed by atoms with E-state index in [4.69, 9.17) is 0 Å². The van der Waals surface area contributed by atoms with Gasteiger partial charge in [0.2, 0.25) is 10.0 Å². The summed E-state index contributed by atoms with van der Waals surface area (Å²) in [6, 6.07) is 5.66. The normalized spacial score (nSPS) is 22.2. The molecule has 0 bridgehead atoms. The summed E-state index contributed by atoms with van der Waals surface area (Å²) in [6.07, 6.45) is 8.39. The Balaban J connectivity index is 1.58. The van der Waals surface area contributed by atoms with Gasteiger partial charge in [-0.05, 0) is 55.4 Å². The van der Waals surface area contributed by atoms with E-state index in [0.717, 1.165) is 25.7 Å². The zero-order valence-corrected chi connectivity index (χ0v) is 13.7. The second-order valence-corrected chi connectivity index (χ2v) is 8.23. The lowest BCUT2D eigenvalue weighted by Crippen LogP contribution is -2.29. The van der Waals surface area contributed by atoms with Crippen LogP contribution in [0.25, 0.3) is 0 Å². The number of hydrogen-bond donors (Lipinski definition) is 0. The Labute approximate surface area is 136 Å². The van der Waals surface area contributed by atoms with E-state index in [2.05, 4.69) is 10.2 Å². The van der Waals surface area contributed by atoms with Crippen LogP contribution in [0.15, 0.2) is 35.5 Å². The van der Waals surface area contributed by atoms with Crippen LogP contribution < -0.4 is 0 Å². The van der Waals surface area contributed by atoms with E-state index in [1.165, 1.54) is 17.5 Å². The molecule has 1 atom stereocenters. The van der Waals surface area contributed by atoms with Gasteiger partial charge in [0.1, 0.15) is 0 Å². The van der Waals surface area contributed by atoms with Crippen LogP contribution >= 0.6 is 0 Å². The van der Waals surface area contributed by atoms with Gasteiger partial charge in [-0.1, -0.05) is 6.07 Å². The highest BCUT2D eigenvalue weighted by Crippen LogP contribution is 2.29. The number of benzene rings is 1. The molecule has 0 N–H and O–H groups in total. The fourth-order valence-electron chi connectivity index (χ4n) is 3.55. The van der Waals surface area contributed by atoms with Crippen molar-refractivity contribution in [1.29, 1.82) is 0 Å². The van der Waals surface area contributed by atoms with Crippen molar-refractivity contribution in [2.45, 2.75) is 43.0 Å². The van der Waals surface area contributed by atoms with Crippen molar-refractivity contribution in [1.82, 2.24) is 19.3 Å². The minimum atomic E-state index is -3.43. The first-order chi connectivity index (χ1) is 11.1. The van der Waals surface area contributed by atoms with Gasteiger partial charge in [-0.15, -0.1) is 0 Å². The second kappa shape index (κ2) is 5.72. The highest BCUT2D eigenvalue weighted by atomic mass is 32.2. The van der Waals surface area contributed by atoms with Gasteiger partial charge in [-0.25, -0.2) is 8.42 Å². The molecule has 1 unspecified atom stereocenters. The van der Waals surface area contributed by atoms with Gasteiger partial charge in [0.05, 0.1) is 23.3 Å². The number of rotatable bonds is 3. The van der Waals surface area contributed by atoms with E-state index in [9.17, 15) is 8.42 Å². The van der Waals surface area contributed by atoms with Gasteiger partial charge in [-0.2, -0.15) is 19.3 Å². The standard InChI is InChI=1S/C16H20N4O2S/c21-23(22,16-6-5-13-3-1-2-4-14(13)11-16)19-10-7-15(12-19)20-17-8-9-18-20/h5-6,8-9,11,15H,1-4,7,10,12H2. The Hall–Kier alpha value is -1.73. The smallest absolute Gasteiger partial charge is 0.207 e. The van der Waals surface area contributed by atoms with E-state index in [1.807, 2.05) is 12.1 Å². The molecule has 1 fully saturated rings. The summed E-state index contributed by atoms with van der Waals surface area (Å²) in [4.78, 5) is 2.04. The lowest BCUT2D eigenvalue weighted by Gasteiger charge is -2.20. The van der Waals surface area contributed by atoms with Crippen molar-refractivity contribution in [3.63, 3.8) is 0 Å². The van der Waals surface area contributed by atoms with Crippen LogP contribution in [0, 0.1) is 0 Å². The molecule has 0 radical (unpaired) electrons. The average Bonchev–Trinajstić information content (AvgIpc) is 3.25. The lowest BCUT2D eigenvalue weighted by atomic mass is 9.92. The monoisotopic (exact) mass is 332 g/mol. The molecule has 7 heteroatoms. The third kappa shape index (κ3) is 2.68. The molecule has 1 aliphatic carbocycles. The predicted octanol–water partition coefficient (Wildman–Crippen LogP) is 1.79. The minimum absolute atomic E-state index is 0.0254. The third-order valence-electron chi connectivity index (χ3n) is 4.85. The molecular formula is C16H20N4O2S. The van der Waals surface area contributed by atoms with Crippen molar-refractivity contribution >= 4 is 10.0 Å². The molecule has 1 aromatic heterocycles. The quantitative estimate of drug-likeness (QED) is 0.859. The van der Waals surface area contributed by atoms with Crippen LogP contribution in [0.3, 0.4) is 0 Å². The molecule has 2 heterocycles. The summed E-state index contributed by atoms with van der Waals surface area (Å²) in [5.41, 5.74) is 2.50. The molecule has 0 saturated carbocycles. The van der Waals surface area contributed by atoms with Crippen LogP contribution in [0.2, 0.25) is 0 Å². The maximum absolute atomic E-state index is 12.9. The third-order valence-corrected chi connectivity index (χ3v) is 6.71. The van der Waals surface area contributed by atoms with Crippen LogP contribution in [0.1, 0.15) is 36.4 Å². The predicted molar refractivity (Wildman–Crippen MR) is 85.5 cm³/mol. The van der Waals surface area contributed by atoms with Crippen molar-refractivity contribution in [2.24, 2.45) is 0 Å². The van der Waals surface area contributed by atoms with Gasteiger partial charge >= 0.3 is 0 Å². The van der Waals surface area contributed by atoms with Crippen molar-refractivity contribution < 1.29 is 8.42 Å². The molecule has 1 aromatic carbocycles. The highest BCUT2D eigenvalue weighted by Gasteiger charge is 2.34. The Morgan fingerprint density at radius 1 is 1.04 bits per heavy atom. The summed E-state index contributed by atoms with van der Waals surface area (Å²) in [7, 11) is -3.43. The first-order valence-corrected chi connectivity index (χ1v) is 9.56. The molecule has 2 aliphatic rings. The van der Waals surface area contributed by atoms with Gasteiger partial charge in [0.25, 0.3) is 0 Å². The Morgan fingerprint density at radius 2 is 1.78 bits per heavy atom. The van der Waals surface area contributed by atoms with Crippen molar-refractivity contribution in [3.8, 4) is 0 Å². The van der Waals surface area contributed by atoms with E-state index in [0.29, 0.717) is 18.0 Å². The molecule has 1 aliphatic heterocycles. The fourth-order valence-corrected chi connectivity index (χ4v) is 5.09. The molecule has 0 amide bonds. The zero-order valence-electron chi connectivity index (χ0n) is 12.9. The van der Waals surface area contributed by atoms with Crippen LogP contribution in [-0.2, 0) is 22.9 Å². The topological polar surface area (TPSA) is 68.1 Å². The summed E-state index contributed by atoms with van der Waals surface area (Å²) in [5, 5.41) is 8.26. The molecular weight excluding hydrogens is 312 g/mol. The van der Waals surface area contributed by atoms with Crippen LogP contribution in [0.4, 0.5) is 0 Å². The number of aryl methyl sites for hydroxylation is 2. The first kappa shape index (κ1) is 14.8. The molecule has 23 heavy (non-hydrogen) atoms. The molecule has 2 aromatic rings.